The van der Waals surface area contributed by atoms with Gasteiger partial charge in [-0.05, 0) is 77.1 Å². The molecule has 362 valence electrons. The molecule has 0 unspecified atom stereocenters. The second-order valence-electron chi connectivity index (χ2n) is 17.4. The number of hydrogen-bond donors (Lipinski definition) is 7. The van der Waals surface area contributed by atoms with Crippen molar-refractivity contribution in [2.45, 2.75) is 64.1 Å². The summed E-state index contributed by atoms with van der Waals surface area (Å²) < 4.78 is 5.37. The minimum absolute atomic E-state index is 0.000517. The minimum atomic E-state index is -1.14. The zero-order chi connectivity index (χ0) is 49.2. The van der Waals surface area contributed by atoms with Crippen LogP contribution in [0.15, 0.2) is 121 Å². The number of nitrogens with one attached hydrogen (secondary N) is 5. The second-order valence-corrected chi connectivity index (χ2v) is 17.4. The molecule has 2 aliphatic heterocycles. The maximum Gasteiger partial charge on any atom is 0.328 e. The first-order valence-corrected chi connectivity index (χ1v) is 23.2. The molecule has 0 aromatic heterocycles. The van der Waals surface area contributed by atoms with Crippen LogP contribution >= 0.6 is 0 Å². The standard InChI is InChI=1S/C53H61N7O9/c1-36(30-49(64)65)39-16-18-41(19-17-39)40-14-12-37(13-15-40)31-45-51(67)57-34-43-11-6-5-10-42(43)32-47(62)58-44(50(66)56-26-29-69-28-24-54)22-25-55-46(61)20-21-48(63)60-27-7-23-53(35-60,52(68)59-45)33-38-8-3-2-4-9-38/h2-6,8-21,30,44-45H,7,22-29,31-35,54H2,1H3,(H,55,61)(H,56,66)(H,57,67)(H,58,62)(H,59,68)(H,64,65)/b21-20+,36-30+/t44-,45-,53-/m0/s1. The van der Waals surface area contributed by atoms with Crippen LogP contribution in [0.1, 0.15) is 54.0 Å². The minimum Gasteiger partial charge on any atom is -0.478 e. The highest BCUT2D eigenvalue weighted by Crippen LogP contribution is 2.35. The topological polar surface area (TPSA) is 238 Å². The van der Waals surface area contributed by atoms with Crippen molar-refractivity contribution in [3.63, 3.8) is 0 Å². The van der Waals surface area contributed by atoms with Crippen LogP contribution in [0.25, 0.3) is 16.7 Å². The maximum absolute atomic E-state index is 15.0. The molecule has 2 aliphatic rings. The number of carboxylic acid groups (broad SMARTS) is 1. The molecule has 4 aromatic rings. The summed E-state index contributed by atoms with van der Waals surface area (Å²) in [6.07, 6.45) is 4.67. The van der Waals surface area contributed by atoms with Gasteiger partial charge in [0.1, 0.15) is 12.1 Å². The van der Waals surface area contributed by atoms with Crippen LogP contribution in [-0.2, 0) is 64.1 Å². The fourth-order valence-electron chi connectivity index (χ4n) is 8.60. The summed E-state index contributed by atoms with van der Waals surface area (Å²) in [4.78, 5) is 95.9. The van der Waals surface area contributed by atoms with Crippen molar-refractivity contribution in [1.82, 2.24) is 31.5 Å². The van der Waals surface area contributed by atoms with E-state index in [1.807, 2.05) is 78.9 Å². The van der Waals surface area contributed by atoms with Crippen LogP contribution in [0.3, 0.4) is 0 Å². The number of nitrogens with zero attached hydrogens (tertiary/aromatic N) is 1. The van der Waals surface area contributed by atoms with E-state index in [4.69, 9.17) is 10.5 Å². The summed E-state index contributed by atoms with van der Waals surface area (Å²) in [6.45, 7) is 3.18. The first-order chi connectivity index (χ1) is 33.3. The molecule has 4 aromatic carbocycles. The fraction of sp³-hybridized carbons (Fsp3) is 0.340. The van der Waals surface area contributed by atoms with E-state index in [1.165, 1.54) is 0 Å². The third-order valence-corrected chi connectivity index (χ3v) is 12.3. The number of benzene rings is 4. The van der Waals surface area contributed by atoms with Gasteiger partial charge in [-0.1, -0.05) is 103 Å². The molecule has 8 N–H and O–H groups in total. The van der Waals surface area contributed by atoms with E-state index in [2.05, 4.69) is 26.6 Å². The van der Waals surface area contributed by atoms with Gasteiger partial charge in [-0.3, -0.25) is 28.8 Å². The summed E-state index contributed by atoms with van der Waals surface area (Å²) >= 11 is 0. The molecule has 69 heavy (non-hydrogen) atoms. The Balaban J connectivity index is 1.30. The van der Waals surface area contributed by atoms with Crippen molar-refractivity contribution < 1.29 is 43.4 Å². The summed E-state index contributed by atoms with van der Waals surface area (Å²) in [5, 5.41) is 23.5. The molecule has 0 radical (unpaired) electrons. The van der Waals surface area contributed by atoms with Crippen LogP contribution in [0.4, 0.5) is 0 Å². The number of carbonyl (C=O) groups excluding carboxylic acids is 6. The molecule has 3 atom stereocenters. The Kier molecular flexibility index (Phi) is 18.5. The summed E-state index contributed by atoms with van der Waals surface area (Å²) in [5.41, 5.74) is 10.4. The molecule has 16 heteroatoms. The predicted molar refractivity (Wildman–Crippen MR) is 261 cm³/mol. The van der Waals surface area contributed by atoms with E-state index in [0.717, 1.165) is 46.0 Å². The molecular weight excluding hydrogens is 879 g/mol. The van der Waals surface area contributed by atoms with E-state index in [9.17, 15) is 38.7 Å². The molecule has 0 saturated carbocycles. The van der Waals surface area contributed by atoms with Gasteiger partial charge < -0.3 is 47.1 Å². The SMILES string of the molecule is C/C(=C\C(=O)O)c1ccc(-c2ccc(C[C@@H]3NC(=O)[C@]4(Cc5ccccc5)CCCN(C4)C(=O)/C=C/C(=O)NCC[C@@H](C(=O)NCCOCCN)NC(=O)Cc4ccccc4CNC3=O)cc2)cc1. The van der Waals surface area contributed by atoms with E-state index < -0.39 is 58.9 Å². The van der Waals surface area contributed by atoms with Crippen molar-refractivity contribution in [2.24, 2.45) is 11.1 Å². The first-order valence-electron chi connectivity index (χ1n) is 23.2. The second kappa shape index (κ2) is 25.1. The molecule has 0 spiro atoms. The van der Waals surface area contributed by atoms with E-state index in [1.54, 1.807) is 36.1 Å². The Morgan fingerprint density at radius 3 is 2.25 bits per heavy atom. The van der Waals surface area contributed by atoms with Gasteiger partial charge >= 0.3 is 5.97 Å². The number of nitrogens with two attached hydrogens (primary N) is 1. The Hall–Kier alpha value is -7.43. The lowest BCUT2D eigenvalue weighted by Crippen LogP contribution is -2.58. The monoisotopic (exact) mass is 939 g/mol. The van der Waals surface area contributed by atoms with Gasteiger partial charge in [-0.15, -0.1) is 0 Å². The number of ether oxygens (including phenoxy) is 1. The van der Waals surface area contributed by atoms with Gasteiger partial charge in [0, 0.05) is 63.9 Å². The molecule has 6 amide bonds. The number of aliphatic carboxylic acids is 1. The van der Waals surface area contributed by atoms with Crippen molar-refractivity contribution in [3.8, 4) is 11.1 Å². The largest absolute Gasteiger partial charge is 0.478 e. The fourth-order valence-corrected chi connectivity index (χ4v) is 8.60. The van der Waals surface area contributed by atoms with Crippen molar-refractivity contribution in [2.75, 3.05) is 45.9 Å². The molecule has 1 saturated heterocycles. The van der Waals surface area contributed by atoms with Gasteiger partial charge in [0.05, 0.1) is 25.0 Å². The Morgan fingerprint density at radius 1 is 0.841 bits per heavy atom. The van der Waals surface area contributed by atoms with Crippen LogP contribution in [0.2, 0.25) is 0 Å². The van der Waals surface area contributed by atoms with E-state index in [0.29, 0.717) is 49.2 Å². The lowest BCUT2D eigenvalue weighted by molar-refractivity contribution is -0.141. The maximum atomic E-state index is 15.0. The molecule has 2 heterocycles. The number of carbonyl (C=O) groups is 7. The van der Waals surface area contributed by atoms with Gasteiger partial charge in [0.2, 0.25) is 35.4 Å². The van der Waals surface area contributed by atoms with Crippen LogP contribution < -0.4 is 32.3 Å². The van der Waals surface area contributed by atoms with E-state index >= 15 is 0 Å². The average Bonchev–Trinajstić information content (AvgIpc) is 3.34. The number of allylic oxidation sites excluding steroid dienone is 1. The number of fused-ring (bicyclic) bond motifs is 3. The smallest absolute Gasteiger partial charge is 0.328 e. The highest BCUT2D eigenvalue weighted by Gasteiger charge is 2.44. The molecule has 2 bridgehead atoms. The number of carboxylic acids is 1. The van der Waals surface area contributed by atoms with Gasteiger partial charge in [-0.2, -0.15) is 0 Å². The molecule has 1 fully saturated rings. The van der Waals surface area contributed by atoms with Crippen LogP contribution in [0.5, 0.6) is 0 Å². The highest BCUT2D eigenvalue weighted by atomic mass is 16.5. The molecular formula is C53H61N7O9. The molecule has 16 nitrogen and oxygen atoms in total. The number of hydrogen-bond acceptors (Lipinski definition) is 9. The zero-order valence-electron chi connectivity index (χ0n) is 38.8. The average molecular weight is 940 g/mol. The summed E-state index contributed by atoms with van der Waals surface area (Å²) in [7, 11) is 0. The lowest BCUT2D eigenvalue weighted by atomic mass is 9.74. The zero-order valence-corrected chi connectivity index (χ0v) is 38.8. The Labute approximate surface area is 402 Å². The number of piperidine rings is 1. The number of amides is 6. The normalized spacial score (nSPS) is 20.4. The number of rotatable bonds is 13. The van der Waals surface area contributed by atoms with Crippen molar-refractivity contribution in [3.05, 3.63) is 149 Å². The van der Waals surface area contributed by atoms with Gasteiger partial charge in [-0.25, -0.2) is 4.79 Å². The summed E-state index contributed by atoms with van der Waals surface area (Å²) in [5.74, 6) is -3.86. The predicted octanol–water partition coefficient (Wildman–Crippen LogP) is 3.23. The Morgan fingerprint density at radius 2 is 1.54 bits per heavy atom. The Bertz CT molecular complexity index is 2510. The van der Waals surface area contributed by atoms with E-state index in [-0.39, 0.29) is 58.5 Å². The lowest BCUT2D eigenvalue weighted by Gasteiger charge is -2.42. The van der Waals surface area contributed by atoms with Crippen LogP contribution in [-0.4, -0.2) is 109 Å². The third kappa shape index (κ3) is 15.0. The van der Waals surface area contributed by atoms with Crippen LogP contribution in [0, 0.1) is 5.41 Å². The van der Waals surface area contributed by atoms with Gasteiger partial charge in [0.25, 0.3) is 0 Å². The highest BCUT2D eigenvalue weighted by molar-refractivity contribution is 5.97. The summed E-state index contributed by atoms with van der Waals surface area (Å²) in [6, 6.07) is 29.7. The molecule has 0 aliphatic carbocycles. The van der Waals surface area contributed by atoms with Crippen molar-refractivity contribution >= 4 is 47.0 Å². The van der Waals surface area contributed by atoms with Crippen molar-refractivity contribution in [1.29, 1.82) is 0 Å². The van der Waals surface area contributed by atoms with Gasteiger partial charge in [0.15, 0.2) is 0 Å². The quantitative estimate of drug-likeness (QED) is 0.0764. The molecule has 6 rings (SSSR count). The third-order valence-electron chi connectivity index (χ3n) is 12.3. The first kappa shape index (κ1) is 51.0.